The summed E-state index contributed by atoms with van der Waals surface area (Å²) in [5, 5.41) is 3.70. The first kappa shape index (κ1) is 23.9. The molecule has 0 fully saturated rings. The molecule has 3 aromatic carbocycles. The Hall–Kier alpha value is -2.74. The van der Waals surface area contributed by atoms with Crippen LogP contribution in [0.2, 0.25) is 10.0 Å². The fourth-order valence-corrected chi connectivity index (χ4v) is 4.57. The summed E-state index contributed by atoms with van der Waals surface area (Å²) in [7, 11) is -3.98. The van der Waals surface area contributed by atoms with Gasteiger partial charge in [-0.3, -0.25) is 9.10 Å². The summed E-state index contributed by atoms with van der Waals surface area (Å²) in [6.07, 6.45) is 0. The largest absolute Gasteiger partial charge is 0.492 e. The Morgan fingerprint density at radius 1 is 1.00 bits per heavy atom. The predicted molar refractivity (Wildman–Crippen MR) is 127 cm³/mol. The zero-order valence-electron chi connectivity index (χ0n) is 17.3. The van der Waals surface area contributed by atoms with Crippen molar-refractivity contribution in [2.45, 2.75) is 11.8 Å². The molecule has 1 N–H and O–H groups in total. The van der Waals surface area contributed by atoms with Crippen LogP contribution in [0.1, 0.15) is 5.56 Å². The van der Waals surface area contributed by atoms with Crippen molar-refractivity contribution in [1.82, 2.24) is 5.32 Å². The number of anilines is 1. The van der Waals surface area contributed by atoms with Crippen molar-refractivity contribution in [3.63, 3.8) is 0 Å². The Kier molecular flexibility index (Phi) is 8.01. The maximum absolute atomic E-state index is 13.2. The molecular weight excluding hydrogens is 471 g/mol. The molecule has 0 radical (unpaired) electrons. The zero-order valence-corrected chi connectivity index (χ0v) is 19.6. The van der Waals surface area contributed by atoms with Crippen LogP contribution in [-0.4, -0.2) is 34.0 Å². The highest BCUT2D eigenvalue weighted by atomic mass is 35.5. The summed E-state index contributed by atoms with van der Waals surface area (Å²) >= 11 is 12.0. The van der Waals surface area contributed by atoms with E-state index in [1.54, 1.807) is 42.5 Å². The van der Waals surface area contributed by atoms with E-state index in [0.717, 1.165) is 9.87 Å². The topological polar surface area (TPSA) is 75.7 Å². The Labute approximate surface area is 197 Å². The molecule has 0 aromatic heterocycles. The van der Waals surface area contributed by atoms with Gasteiger partial charge in [0.05, 0.1) is 17.1 Å². The van der Waals surface area contributed by atoms with Crippen molar-refractivity contribution < 1.29 is 17.9 Å². The molecule has 0 saturated heterocycles. The molecule has 9 heteroatoms. The highest BCUT2D eigenvalue weighted by molar-refractivity contribution is 7.92. The first-order valence-corrected chi connectivity index (χ1v) is 12.0. The van der Waals surface area contributed by atoms with Gasteiger partial charge in [-0.05, 0) is 61.0 Å². The standard InChI is InChI=1S/C23H22Cl2N2O4S/c1-17-7-10-20(15-22(17)25)31-14-13-26-23(28)16-27(19-5-3-2-4-6-19)32(29,30)21-11-8-18(24)9-12-21/h2-12,15H,13-14,16H2,1H3,(H,26,28). The molecule has 0 atom stereocenters. The van der Waals surface area contributed by atoms with Crippen LogP contribution in [0.3, 0.4) is 0 Å². The van der Waals surface area contributed by atoms with Gasteiger partial charge in [0.1, 0.15) is 18.9 Å². The van der Waals surface area contributed by atoms with Crippen LogP contribution in [0.5, 0.6) is 5.75 Å². The third-order valence-corrected chi connectivity index (χ3v) is 7.02. The number of benzene rings is 3. The normalized spacial score (nSPS) is 11.1. The van der Waals surface area contributed by atoms with E-state index >= 15 is 0 Å². The SMILES string of the molecule is Cc1ccc(OCCNC(=O)CN(c2ccccc2)S(=O)(=O)c2ccc(Cl)cc2)cc1Cl. The predicted octanol–water partition coefficient (Wildman–Crippen LogP) is 4.69. The second kappa shape index (κ2) is 10.7. The second-order valence-corrected chi connectivity index (χ2v) is 9.62. The van der Waals surface area contributed by atoms with E-state index in [9.17, 15) is 13.2 Å². The van der Waals surface area contributed by atoms with Gasteiger partial charge in [0.15, 0.2) is 0 Å². The van der Waals surface area contributed by atoms with Crippen molar-refractivity contribution in [2.24, 2.45) is 0 Å². The monoisotopic (exact) mass is 492 g/mol. The molecule has 0 aliphatic carbocycles. The van der Waals surface area contributed by atoms with Crippen molar-refractivity contribution in [3.8, 4) is 5.75 Å². The van der Waals surface area contributed by atoms with Crippen LogP contribution in [0.4, 0.5) is 5.69 Å². The molecular formula is C23H22Cl2N2O4S. The van der Waals surface area contributed by atoms with Crippen LogP contribution in [0.15, 0.2) is 77.7 Å². The lowest BCUT2D eigenvalue weighted by molar-refractivity contribution is -0.119. The smallest absolute Gasteiger partial charge is 0.264 e. The number of sulfonamides is 1. The first-order valence-electron chi connectivity index (χ1n) is 9.76. The molecule has 1 amide bonds. The summed E-state index contributed by atoms with van der Waals surface area (Å²) in [5.74, 6) is 0.128. The lowest BCUT2D eigenvalue weighted by Crippen LogP contribution is -2.41. The van der Waals surface area contributed by atoms with Gasteiger partial charge >= 0.3 is 0 Å². The number of hydrogen-bond donors (Lipinski definition) is 1. The number of ether oxygens (including phenoxy) is 1. The van der Waals surface area contributed by atoms with Gasteiger partial charge in [0.2, 0.25) is 5.91 Å². The minimum atomic E-state index is -3.98. The zero-order chi connectivity index (χ0) is 23.1. The number of carbonyl (C=O) groups excluding carboxylic acids is 1. The van der Waals surface area contributed by atoms with Gasteiger partial charge in [-0.2, -0.15) is 0 Å². The van der Waals surface area contributed by atoms with E-state index < -0.39 is 15.9 Å². The van der Waals surface area contributed by atoms with Crippen LogP contribution < -0.4 is 14.4 Å². The third kappa shape index (κ3) is 6.16. The van der Waals surface area contributed by atoms with Gasteiger partial charge in [-0.1, -0.05) is 47.5 Å². The molecule has 168 valence electrons. The molecule has 0 spiro atoms. The van der Waals surface area contributed by atoms with E-state index in [1.807, 2.05) is 13.0 Å². The van der Waals surface area contributed by atoms with E-state index in [0.29, 0.717) is 21.5 Å². The number of rotatable bonds is 9. The third-order valence-electron chi connectivity index (χ3n) is 4.57. The lowest BCUT2D eigenvalue weighted by Gasteiger charge is -2.24. The summed E-state index contributed by atoms with van der Waals surface area (Å²) in [6.45, 7) is 1.92. The summed E-state index contributed by atoms with van der Waals surface area (Å²) in [6, 6.07) is 19.6. The minimum Gasteiger partial charge on any atom is -0.492 e. The van der Waals surface area contributed by atoms with Crippen molar-refractivity contribution >= 4 is 44.8 Å². The number of hydrogen-bond acceptors (Lipinski definition) is 4. The van der Waals surface area contributed by atoms with Crippen LogP contribution >= 0.6 is 23.2 Å². The minimum absolute atomic E-state index is 0.0399. The Balaban J connectivity index is 1.66. The number of aryl methyl sites for hydroxylation is 1. The van der Waals surface area contributed by atoms with Crippen molar-refractivity contribution in [3.05, 3.63) is 88.4 Å². The number of halogens is 2. The molecule has 32 heavy (non-hydrogen) atoms. The van der Waals surface area contributed by atoms with E-state index in [1.165, 1.54) is 24.3 Å². The number of amides is 1. The van der Waals surface area contributed by atoms with Crippen LogP contribution in [0, 0.1) is 6.92 Å². The highest BCUT2D eigenvalue weighted by Crippen LogP contribution is 2.24. The van der Waals surface area contributed by atoms with Crippen LogP contribution in [0.25, 0.3) is 0 Å². The van der Waals surface area contributed by atoms with Crippen molar-refractivity contribution in [1.29, 1.82) is 0 Å². The molecule has 0 aliphatic rings. The molecule has 0 heterocycles. The molecule has 6 nitrogen and oxygen atoms in total. The lowest BCUT2D eigenvalue weighted by atomic mass is 10.2. The molecule has 0 unspecified atom stereocenters. The summed E-state index contributed by atoms with van der Waals surface area (Å²) in [5.41, 5.74) is 1.32. The summed E-state index contributed by atoms with van der Waals surface area (Å²) < 4.78 is 33.1. The molecule has 0 saturated carbocycles. The molecule has 3 aromatic rings. The number of carbonyl (C=O) groups is 1. The maximum atomic E-state index is 13.2. The molecule has 3 rings (SSSR count). The van der Waals surface area contributed by atoms with Crippen molar-refractivity contribution in [2.75, 3.05) is 24.0 Å². The highest BCUT2D eigenvalue weighted by Gasteiger charge is 2.27. The second-order valence-electron chi connectivity index (χ2n) is 6.91. The van der Waals surface area contributed by atoms with Gasteiger partial charge in [0, 0.05) is 10.0 Å². The molecule has 0 aliphatic heterocycles. The maximum Gasteiger partial charge on any atom is 0.264 e. The van der Waals surface area contributed by atoms with Gasteiger partial charge in [-0.15, -0.1) is 0 Å². The van der Waals surface area contributed by atoms with Gasteiger partial charge in [0.25, 0.3) is 10.0 Å². The number of nitrogens with one attached hydrogen (secondary N) is 1. The summed E-state index contributed by atoms with van der Waals surface area (Å²) in [4.78, 5) is 12.6. The van der Waals surface area contributed by atoms with E-state index in [4.69, 9.17) is 27.9 Å². The quantitative estimate of drug-likeness (QED) is 0.439. The molecule has 0 bridgehead atoms. The average molecular weight is 493 g/mol. The Morgan fingerprint density at radius 2 is 1.69 bits per heavy atom. The van der Waals surface area contributed by atoms with Gasteiger partial charge < -0.3 is 10.1 Å². The number of nitrogens with zero attached hydrogens (tertiary/aromatic N) is 1. The average Bonchev–Trinajstić information content (AvgIpc) is 2.78. The fraction of sp³-hybridized carbons (Fsp3) is 0.174. The first-order chi connectivity index (χ1) is 15.3. The Bertz CT molecular complexity index is 1170. The Morgan fingerprint density at radius 3 is 2.34 bits per heavy atom. The fourth-order valence-electron chi connectivity index (χ4n) is 2.85. The van der Waals surface area contributed by atoms with Crippen LogP contribution in [-0.2, 0) is 14.8 Å². The van der Waals surface area contributed by atoms with Gasteiger partial charge in [-0.25, -0.2) is 8.42 Å². The number of para-hydroxylation sites is 1. The van der Waals surface area contributed by atoms with E-state index in [2.05, 4.69) is 5.32 Å². The van der Waals surface area contributed by atoms with E-state index in [-0.39, 0.29) is 24.6 Å².